The van der Waals surface area contributed by atoms with Crippen molar-refractivity contribution >= 4 is 5.97 Å². The van der Waals surface area contributed by atoms with E-state index in [-0.39, 0.29) is 30.1 Å². The highest BCUT2D eigenvalue weighted by Crippen LogP contribution is 2.43. The Labute approximate surface area is 118 Å². The molecule has 20 heavy (non-hydrogen) atoms. The molecule has 5 nitrogen and oxygen atoms in total. The number of carbonyl (C=O) groups excluding carboxylic acids is 1. The maximum Gasteiger partial charge on any atom is 0.340 e. The topological polar surface area (TPSA) is 81.8 Å². The standard InChI is InChI=1S/C15H19NO4/c1-4-19-15(18)13-12(8(2)3)10-6-5-9(17)7-11(10)20-14(13)16/h5-8,12,17H,4,16H2,1-3H3. The molecule has 5 heteroatoms. The molecule has 0 radical (unpaired) electrons. The average molecular weight is 277 g/mol. The molecule has 0 spiro atoms. The molecule has 0 bridgehead atoms. The van der Waals surface area contributed by atoms with Crippen molar-refractivity contribution in [2.45, 2.75) is 26.7 Å². The number of aromatic hydroxyl groups is 1. The van der Waals surface area contributed by atoms with Crippen molar-refractivity contribution in [1.29, 1.82) is 0 Å². The molecule has 1 aliphatic heterocycles. The number of carbonyl (C=O) groups is 1. The van der Waals surface area contributed by atoms with E-state index in [2.05, 4.69) is 0 Å². The van der Waals surface area contributed by atoms with Gasteiger partial charge < -0.3 is 20.3 Å². The van der Waals surface area contributed by atoms with E-state index in [1.165, 1.54) is 6.07 Å². The second kappa shape index (κ2) is 5.45. The third-order valence-electron chi connectivity index (χ3n) is 3.29. The fraction of sp³-hybridized carbons (Fsp3) is 0.400. The predicted molar refractivity (Wildman–Crippen MR) is 74.2 cm³/mol. The maximum absolute atomic E-state index is 12.1. The van der Waals surface area contributed by atoms with E-state index in [0.29, 0.717) is 11.3 Å². The molecule has 1 aliphatic rings. The van der Waals surface area contributed by atoms with E-state index in [0.717, 1.165) is 5.56 Å². The number of esters is 1. The summed E-state index contributed by atoms with van der Waals surface area (Å²) < 4.78 is 10.5. The van der Waals surface area contributed by atoms with Gasteiger partial charge in [-0.05, 0) is 18.9 Å². The van der Waals surface area contributed by atoms with E-state index >= 15 is 0 Å². The third-order valence-corrected chi connectivity index (χ3v) is 3.29. The van der Waals surface area contributed by atoms with Crippen molar-refractivity contribution < 1.29 is 19.4 Å². The Hall–Kier alpha value is -2.17. The Kier molecular flexibility index (Phi) is 3.88. The summed E-state index contributed by atoms with van der Waals surface area (Å²) >= 11 is 0. The van der Waals surface area contributed by atoms with Crippen LogP contribution in [0.2, 0.25) is 0 Å². The van der Waals surface area contributed by atoms with Crippen LogP contribution < -0.4 is 10.5 Å². The van der Waals surface area contributed by atoms with Crippen LogP contribution in [0.4, 0.5) is 0 Å². The van der Waals surface area contributed by atoms with E-state index < -0.39 is 5.97 Å². The lowest BCUT2D eigenvalue weighted by molar-refractivity contribution is -0.139. The number of hydrogen-bond donors (Lipinski definition) is 2. The average Bonchev–Trinajstić information content (AvgIpc) is 2.36. The molecule has 1 unspecified atom stereocenters. The molecule has 0 fully saturated rings. The summed E-state index contributed by atoms with van der Waals surface area (Å²) in [5.41, 5.74) is 7.05. The van der Waals surface area contributed by atoms with Crippen LogP contribution >= 0.6 is 0 Å². The van der Waals surface area contributed by atoms with E-state index in [1.54, 1.807) is 19.1 Å². The van der Waals surface area contributed by atoms with E-state index in [4.69, 9.17) is 15.2 Å². The molecule has 0 saturated heterocycles. The number of phenols is 1. The summed E-state index contributed by atoms with van der Waals surface area (Å²) in [6, 6.07) is 4.82. The highest BCUT2D eigenvalue weighted by Gasteiger charge is 2.36. The van der Waals surface area contributed by atoms with Crippen LogP contribution in [0.25, 0.3) is 0 Å². The normalized spacial score (nSPS) is 17.7. The van der Waals surface area contributed by atoms with Gasteiger partial charge in [-0.3, -0.25) is 0 Å². The lowest BCUT2D eigenvalue weighted by Gasteiger charge is -2.30. The summed E-state index contributed by atoms with van der Waals surface area (Å²) in [6.07, 6.45) is 0. The number of ether oxygens (including phenoxy) is 2. The zero-order valence-corrected chi connectivity index (χ0v) is 11.8. The molecule has 108 valence electrons. The maximum atomic E-state index is 12.1. The first kappa shape index (κ1) is 14.2. The largest absolute Gasteiger partial charge is 0.508 e. The van der Waals surface area contributed by atoms with Crippen LogP contribution in [-0.2, 0) is 9.53 Å². The molecule has 3 N–H and O–H groups in total. The SMILES string of the molecule is CCOC(=O)C1=C(N)Oc2cc(O)ccc2C1C(C)C. The van der Waals surface area contributed by atoms with Gasteiger partial charge in [0.1, 0.15) is 17.1 Å². The van der Waals surface area contributed by atoms with Crippen molar-refractivity contribution in [2.24, 2.45) is 11.7 Å². The number of fused-ring (bicyclic) bond motifs is 1. The Balaban J connectivity index is 2.52. The summed E-state index contributed by atoms with van der Waals surface area (Å²) in [6.45, 7) is 6.02. The highest BCUT2D eigenvalue weighted by atomic mass is 16.5. The third kappa shape index (κ3) is 2.43. The summed E-state index contributed by atoms with van der Waals surface area (Å²) in [4.78, 5) is 12.1. The van der Waals surface area contributed by atoms with Gasteiger partial charge in [0.05, 0.1) is 6.61 Å². The fourth-order valence-corrected chi connectivity index (χ4v) is 2.48. The quantitative estimate of drug-likeness (QED) is 0.828. The zero-order chi connectivity index (χ0) is 14.9. The van der Waals surface area contributed by atoms with Crippen LogP contribution in [0.1, 0.15) is 32.3 Å². The van der Waals surface area contributed by atoms with Gasteiger partial charge in [0.2, 0.25) is 5.88 Å². The zero-order valence-electron chi connectivity index (χ0n) is 11.8. The van der Waals surface area contributed by atoms with Gasteiger partial charge in [0, 0.05) is 17.5 Å². The first-order valence-corrected chi connectivity index (χ1v) is 6.63. The van der Waals surface area contributed by atoms with Crippen molar-refractivity contribution in [1.82, 2.24) is 0 Å². The monoisotopic (exact) mass is 277 g/mol. The number of benzene rings is 1. The summed E-state index contributed by atoms with van der Waals surface area (Å²) in [5.74, 6) is 0.0918. The molecule has 0 amide bonds. The first-order valence-electron chi connectivity index (χ1n) is 6.63. The molecule has 2 rings (SSSR count). The second-order valence-electron chi connectivity index (χ2n) is 5.04. The van der Waals surface area contributed by atoms with Gasteiger partial charge in [0.25, 0.3) is 0 Å². The van der Waals surface area contributed by atoms with Crippen LogP contribution in [-0.4, -0.2) is 17.7 Å². The van der Waals surface area contributed by atoms with E-state index in [9.17, 15) is 9.90 Å². The highest BCUT2D eigenvalue weighted by molar-refractivity contribution is 5.91. The minimum Gasteiger partial charge on any atom is -0.508 e. The Morgan fingerprint density at radius 1 is 1.50 bits per heavy atom. The predicted octanol–water partition coefficient (Wildman–Crippen LogP) is 2.26. The van der Waals surface area contributed by atoms with Crippen LogP contribution in [0, 0.1) is 5.92 Å². The molecule has 1 aromatic rings. The minimum atomic E-state index is -0.456. The smallest absolute Gasteiger partial charge is 0.340 e. The number of hydrogen-bond acceptors (Lipinski definition) is 5. The second-order valence-corrected chi connectivity index (χ2v) is 5.04. The van der Waals surface area contributed by atoms with Gasteiger partial charge >= 0.3 is 5.97 Å². The van der Waals surface area contributed by atoms with Crippen LogP contribution in [0.5, 0.6) is 11.5 Å². The fourth-order valence-electron chi connectivity index (χ4n) is 2.48. The van der Waals surface area contributed by atoms with Gasteiger partial charge in [-0.1, -0.05) is 19.9 Å². The Bertz CT molecular complexity index is 563. The Morgan fingerprint density at radius 2 is 2.20 bits per heavy atom. The molecular weight excluding hydrogens is 258 g/mol. The van der Waals surface area contributed by atoms with Crippen molar-refractivity contribution in [3.63, 3.8) is 0 Å². The van der Waals surface area contributed by atoms with E-state index in [1.807, 2.05) is 13.8 Å². The van der Waals surface area contributed by atoms with Crippen LogP contribution in [0.3, 0.4) is 0 Å². The van der Waals surface area contributed by atoms with Crippen LogP contribution in [0.15, 0.2) is 29.7 Å². The number of phenolic OH excluding ortho intramolecular Hbond substituents is 1. The molecule has 1 atom stereocenters. The molecule has 0 aliphatic carbocycles. The molecular formula is C15H19NO4. The molecule has 1 aromatic carbocycles. The number of nitrogens with two attached hydrogens (primary N) is 1. The summed E-state index contributed by atoms with van der Waals surface area (Å²) in [7, 11) is 0. The van der Waals surface area contributed by atoms with Crippen molar-refractivity contribution in [3.8, 4) is 11.5 Å². The summed E-state index contributed by atoms with van der Waals surface area (Å²) in [5, 5.41) is 9.53. The van der Waals surface area contributed by atoms with Gasteiger partial charge in [0.15, 0.2) is 0 Å². The van der Waals surface area contributed by atoms with Gasteiger partial charge in [-0.2, -0.15) is 0 Å². The van der Waals surface area contributed by atoms with Gasteiger partial charge in [-0.25, -0.2) is 4.79 Å². The van der Waals surface area contributed by atoms with Gasteiger partial charge in [-0.15, -0.1) is 0 Å². The minimum absolute atomic E-state index is 0.0419. The molecule has 0 aromatic heterocycles. The lowest BCUT2D eigenvalue weighted by Crippen LogP contribution is -2.29. The Morgan fingerprint density at radius 3 is 2.80 bits per heavy atom. The molecule has 0 saturated carbocycles. The number of rotatable bonds is 3. The molecule has 1 heterocycles. The first-order chi connectivity index (χ1) is 9.45. The van der Waals surface area contributed by atoms with Crippen molar-refractivity contribution in [2.75, 3.05) is 6.61 Å². The lowest BCUT2D eigenvalue weighted by atomic mass is 9.80. The van der Waals surface area contributed by atoms with Crippen molar-refractivity contribution in [3.05, 3.63) is 35.2 Å².